The fraction of sp³-hybridized carbons (Fsp3) is 1.00. The molecule has 0 spiro atoms. The quantitative estimate of drug-likeness (QED) is 0.802. The fourth-order valence-corrected chi connectivity index (χ4v) is 3.83. The zero-order valence-electron chi connectivity index (χ0n) is 14.4. The van der Waals surface area contributed by atoms with Gasteiger partial charge in [-0.05, 0) is 45.2 Å². The summed E-state index contributed by atoms with van der Waals surface area (Å²) in [7, 11) is 4.32. The van der Waals surface area contributed by atoms with E-state index in [2.05, 4.69) is 35.7 Å². The Kier molecular flexibility index (Phi) is 6.93. The van der Waals surface area contributed by atoms with Gasteiger partial charge in [-0.1, -0.05) is 13.3 Å². The highest BCUT2D eigenvalue weighted by atomic mass is 15.3. The topological polar surface area (TPSA) is 35.7 Å². The van der Waals surface area contributed by atoms with E-state index < -0.39 is 0 Å². The number of likely N-dealkylation sites (N-methyl/N-ethyl adjacent to an activating group) is 1. The second-order valence-corrected chi connectivity index (χ2v) is 7.46. The van der Waals surface area contributed by atoms with E-state index in [0.29, 0.717) is 6.04 Å². The van der Waals surface area contributed by atoms with Gasteiger partial charge >= 0.3 is 0 Å². The highest BCUT2D eigenvalue weighted by Crippen LogP contribution is 2.31. The molecule has 3 unspecified atom stereocenters. The molecule has 0 aromatic rings. The molecular formula is C17H36N4. The maximum Gasteiger partial charge on any atom is 0.0110 e. The highest BCUT2D eigenvalue weighted by molar-refractivity contribution is 4.85. The van der Waals surface area contributed by atoms with Crippen LogP contribution in [0.3, 0.4) is 0 Å². The van der Waals surface area contributed by atoms with Crippen molar-refractivity contribution in [3.8, 4) is 0 Å². The standard InChI is InChI=1S/C17H36N4/c1-4-15-5-6-17(18)16(13-15)14-21-11-9-20(10-12-21)8-7-19(2)3/h15-17H,4-14,18H2,1-3H3. The summed E-state index contributed by atoms with van der Waals surface area (Å²) in [6.07, 6.45) is 5.29. The third kappa shape index (κ3) is 5.51. The average molecular weight is 297 g/mol. The summed E-state index contributed by atoms with van der Waals surface area (Å²) in [4.78, 5) is 7.54. The van der Waals surface area contributed by atoms with E-state index in [1.165, 1.54) is 71.5 Å². The van der Waals surface area contributed by atoms with Crippen molar-refractivity contribution in [2.45, 2.75) is 38.6 Å². The fourth-order valence-electron chi connectivity index (χ4n) is 3.83. The Morgan fingerprint density at radius 1 is 1.05 bits per heavy atom. The molecule has 2 aliphatic rings. The van der Waals surface area contributed by atoms with Gasteiger partial charge in [0.15, 0.2) is 0 Å². The van der Waals surface area contributed by atoms with Crippen LogP contribution in [-0.2, 0) is 0 Å². The number of rotatable bonds is 6. The summed E-state index contributed by atoms with van der Waals surface area (Å²) in [5.74, 6) is 1.66. The van der Waals surface area contributed by atoms with Crippen LogP contribution in [0, 0.1) is 11.8 Å². The minimum absolute atomic E-state index is 0.444. The van der Waals surface area contributed by atoms with Crippen molar-refractivity contribution in [2.75, 3.05) is 59.9 Å². The Morgan fingerprint density at radius 3 is 2.33 bits per heavy atom. The first-order chi connectivity index (χ1) is 10.1. The molecule has 2 fully saturated rings. The minimum atomic E-state index is 0.444. The molecule has 1 heterocycles. The molecule has 0 aromatic heterocycles. The van der Waals surface area contributed by atoms with Crippen LogP contribution in [0.1, 0.15) is 32.6 Å². The SMILES string of the molecule is CCC1CCC(N)C(CN2CCN(CCN(C)C)CC2)C1. The molecule has 1 saturated carbocycles. The summed E-state index contributed by atoms with van der Waals surface area (Å²) in [5, 5.41) is 0. The van der Waals surface area contributed by atoms with Gasteiger partial charge in [0.05, 0.1) is 0 Å². The highest BCUT2D eigenvalue weighted by Gasteiger charge is 2.29. The van der Waals surface area contributed by atoms with Crippen LogP contribution in [0.5, 0.6) is 0 Å². The molecule has 1 saturated heterocycles. The molecule has 0 aromatic carbocycles. The summed E-state index contributed by atoms with van der Waals surface area (Å²) in [5.41, 5.74) is 6.38. The van der Waals surface area contributed by atoms with Crippen molar-refractivity contribution in [3.05, 3.63) is 0 Å². The van der Waals surface area contributed by atoms with Gasteiger partial charge < -0.3 is 15.5 Å². The molecule has 1 aliphatic heterocycles. The zero-order chi connectivity index (χ0) is 15.2. The van der Waals surface area contributed by atoms with E-state index in [0.717, 1.165) is 11.8 Å². The molecule has 4 nitrogen and oxygen atoms in total. The summed E-state index contributed by atoms with van der Waals surface area (Å²) in [6, 6.07) is 0.444. The predicted molar refractivity (Wildman–Crippen MR) is 90.5 cm³/mol. The Balaban J connectivity index is 1.70. The monoisotopic (exact) mass is 296 g/mol. The molecule has 0 bridgehead atoms. The molecule has 0 radical (unpaired) electrons. The first kappa shape index (κ1) is 17.2. The zero-order valence-corrected chi connectivity index (χ0v) is 14.4. The lowest BCUT2D eigenvalue weighted by Crippen LogP contribution is -2.51. The second-order valence-electron chi connectivity index (χ2n) is 7.46. The molecular weight excluding hydrogens is 260 g/mol. The number of hydrogen-bond donors (Lipinski definition) is 1. The van der Waals surface area contributed by atoms with E-state index in [9.17, 15) is 0 Å². The van der Waals surface area contributed by atoms with Gasteiger partial charge in [0.1, 0.15) is 0 Å². The van der Waals surface area contributed by atoms with Gasteiger partial charge in [0.25, 0.3) is 0 Å². The predicted octanol–water partition coefficient (Wildman–Crippen LogP) is 1.32. The van der Waals surface area contributed by atoms with Crippen molar-refractivity contribution in [1.29, 1.82) is 0 Å². The molecule has 1 aliphatic carbocycles. The van der Waals surface area contributed by atoms with Crippen LogP contribution in [0.2, 0.25) is 0 Å². The Bertz CT molecular complexity index is 287. The van der Waals surface area contributed by atoms with Gasteiger partial charge in [-0.25, -0.2) is 0 Å². The van der Waals surface area contributed by atoms with Crippen molar-refractivity contribution in [2.24, 2.45) is 17.6 Å². The molecule has 4 heteroatoms. The van der Waals surface area contributed by atoms with Gasteiger partial charge in [0.2, 0.25) is 0 Å². The minimum Gasteiger partial charge on any atom is -0.327 e. The van der Waals surface area contributed by atoms with Crippen LogP contribution < -0.4 is 5.73 Å². The maximum absolute atomic E-state index is 6.38. The van der Waals surface area contributed by atoms with E-state index in [1.54, 1.807) is 0 Å². The van der Waals surface area contributed by atoms with Gasteiger partial charge in [-0.2, -0.15) is 0 Å². The summed E-state index contributed by atoms with van der Waals surface area (Å²) in [6.45, 7) is 10.9. The van der Waals surface area contributed by atoms with Crippen molar-refractivity contribution >= 4 is 0 Å². The second kappa shape index (κ2) is 8.47. The Hall–Kier alpha value is -0.160. The smallest absolute Gasteiger partial charge is 0.0110 e. The Morgan fingerprint density at radius 2 is 1.71 bits per heavy atom. The molecule has 2 rings (SSSR count). The van der Waals surface area contributed by atoms with Gasteiger partial charge in [0, 0.05) is 51.9 Å². The lowest BCUT2D eigenvalue weighted by Gasteiger charge is -2.40. The van der Waals surface area contributed by atoms with E-state index in [1.807, 2.05) is 0 Å². The van der Waals surface area contributed by atoms with Crippen LogP contribution in [0.15, 0.2) is 0 Å². The van der Waals surface area contributed by atoms with E-state index >= 15 is 0 Å². The average Bonchev–Trinajstić information content (AvgIpc) is 2.48. The number of hydrogen-bond acceptors (Lipinski definition) is 4. The van der Waals surface area contributed by atoms with Crippen LogP contribution in [0.25, 0.3) is 0 Å². The third-order valence-corrected chi connectivity index (χ3v) is 5.55. The number of nitrogens with two attached hydrogens (primary N) is 1. The van der Waals surface area contributed by atoms with Crippen LogP contribution in [0.4, 0.5) is 0 Å². The maximum atomic E-state index is 6.38. The number of nitrogens with zero attached hydrogens (tertiary/aromatic N) is 3. The van der Waals surface area contributed by atoms with Gasteiger partial charge in [-0.15, -0.1) is 0 Å². The first-order valence-corrected chi connectivity index (χ1v) is 8.93. The summed E-state index contributed by atoms with van der Waals surface area (Å²) < 4.78 is 0. The lowest BCUT2D eigenvalue weighted by atomic mass is 9.77. The molecule has 2 N–H and O–H groups in total. The van der Waals surface area contributed by atoms with Crippen molar-refractivity contribution < 1.29 is 0 Å². The molecule has 3 atom stereocenters. The van der Waals surface area contributed by atoms with E-state index in [4.69, 9.17) is 5.73 Å². The van der Waals surface area contributed by atoms with E-state index in [-0.39, 0.29) is 0 Å². The normalized spacial score (nSPS) is 32.7. The van der Waals surface area contributed by atoms with Gasteiger partial charge in [-0.3, -0.25) is 4.90 Å². The first-order valence-electron chi connectivity index (χ1n) is 8.93. The molecule has 124 valence electrons. The Labute approximate surface area is 131 Å². The lowest BCUT2D eigenvalue weighted by molar-refractivity contribution is 0.0915. The van der Waals surface area contributed by atoms with Crippen molar-refractivity contribution in [3.63, 3.8) is 0 Å². The van der Waals surface area contributed by atoms with Crippen molar-refractivity contribution in [1.82, 2.24) is 14.7 Å². The molecule has 0 amide bonds. The van der Waals surface area contributed by atoms with Crippen LogP contribution >= 0.6 is 0 Å². The largest absolute Gasteiger partial charge is 0.327 e. The molecule has 21 heavy (non-hydrogen) atoms. The number of piperazine rings is 1. The third-order valence-electron chi connectivity index (χ3n) is 5.55. The summed E-state index contributed by atoms with van der Waals surface area (Å²) >= 11 is 0. The van der Waals surface area contributed by atoms with Crippen LogP contribution in [-0.4, -0.2) is 80.7 Å².